The second kappa shape index (κ2) is 7.47. The van der Waals surface area contributed by atoms with E-state index in [0.717, 1.165) is 43.5 Å². The third-order valence-corrected chi connectivity index (χ3v) is 2.85. The summed E-state index contributed by atoms with van der Waals surface area (Å²) >= 11 is 0. The highest BCUT2D eigenvalue weighted by Gasteiger charge is 2.04. The molecule has 1 rings (SSSR count). The molecule has 0 bridgehead atoms. The standard InChI is InChI=1S/C13H24N2O/c1-4-12(9-14-3)10-15-8-7-13-6-5-11(2)16-13/h5-6,12,14-15H,4,7-10H2,1-3H3. The maximum Gasteiger partial charge on any atom is 0.105 e. The SMILES string of the molecule is CCC(CNC)CNCCc1ccc(C)o1. The highest BCUT2D eigenvalue weighted by atomic mass is 16.3. The van der Waals surface area contributed by atoms with Gasteiger partial charge in [-0.25, -0.2) is 0 Å². The van der Waals surface area contributed by atoms with E-state index in [1.54, 1.807) is 0 Å². The van der Waals surface area contributed by atoms with Crippen molar-refractivity contribution in [2.45, 2.75) is 26.7 Å². The fraction of sp³-hybridized carbons (Fsp3) is 0.692. The van der Waals surface area contributed by atoms with Crippen LogP contribution in [-0.2, 0) is 6.42 Å². The van der Waals surface area contributed by atoms with Crippen molar-refractivity contribution >= 4 is 0 Å². The lowest BCUT2D eigenvalue weighted by Gasteiger charge is -2.14. The van der Waals surface area contributed by atoms with Crippen LogP contribution < -0.4 is 10.6 Å². The lowest BCUT2D eigenvalue weighted by atomic mass is 10.1. The largest absolute Gasteiger partial charge is 0.466 e. The molecule has 0 saturated heterocycles. The molecule has 0 amide bonds. The van der Waals surface area contributed by atoms with Gasteiger partial charge < -0.3 is 15.1 Å². The Morgan fingerprint density at radius 3 is 2.69 bits per heavy atom. The van der Waals surface area contributed by atoms with Crippen LogP contribution in [0.2, 0.25) is 0 Å². The van der Waals surface area contributed by atoms with E-state index in [1.165, 1.54) is 6.42 Å². The van der Waals surface area contributed by atoms with E-state index >= 15 is 0 Å². The van der Waals surface area contributed by atoms with Crippen molar-refractivity contribution in [2.75, 3.05) is 26.7 Å². The first-order valence-corrected chi connectivity index (χ1v) is 6.16. The molecule has 16 heavy (non-hydrogen) atoms. The van der Waals surface area contributed by atoms with Gasteiger partial charge in [-0.05, 0) is 45.1 Å². The van der Waals surface area contributed by atoms with Crippen molar-refractivity contribution in [3.8, 4) is 0 Å². The van der Waals surface area contributed by atoms with Crippen LogP contribution >= 0.6 is 0 Å². The van der Waals surface area contributed by atoms with E-state index in [0.29, 0.717) is 0 Å². The Morgan fingerprint density at radius 2 is 2.12 bits per heavy atom. The van der Waals surface area contributed by atoms with Gasteiger partial charge in [-0.1, -0.05) is 13.3 Å². The molecule has 0 aliphatic carbocycles. The molecule has 0 saturated carbocycles. The van der Waals surface area contributed by atoms with Crippen LogP contribution in [0, 0.1) is 12.8 Å². The normalized spacial score (nSPS) is 12.9. The summed E-state index contributed by atoms with van der Waals surface area (Å²) in [5.74, 6) is 2.80. The topological polar surface area (TPSA) is 37.2 Å². The molecule has 1 aromatic rings. The second-order valence-electron chi connectivity index (χ2n) is 4.30. The molecular formula is C13H24N2O. The van der Waals surface area contributed by atoms with Crippen LogP contribution in [0.3, 0.4) is 0 Å². The third kappa shape index (κ3) is 4.81. The van der Waals surface area contributed by atoms with Gasteiger partial charge in [0.1, 0.15) is 11.5 Å². The molecular weight excluding hydrogens is 200 g/mol. The van der Waals surface area contributed by atoms with Gasteiger partial charge in [-0.2, -0.15) is 0 Å². The van der Waals surface area contributed by atoms with Crippen molar-refractivity contribution in [1.82, 2.24) is 10.6 Å². The molecule has 1 unspecified atom stereocenters. The van der Waals surface area contributed by atoms with E-state index in [-0.39, 0.29) is 0 Å². The summed E-state index contributed by atoms with van der Waals surface area (Å²) in [4.78, 5) is 0. The first-order chi connectivity index (χ1) is 7.76. The molecule has 0 aliphatic heterocycles. The van der Waals surface area contributed by atoms with Gasteiger partial charge in [-0.15, -0.1) is 0 Å². The van der Waals surface area contributed by atoms with Gasteiger partial charge in [0.15, 0.2) is 0 Å². The zero-order chi connectivity index (χ0) is 11.8. The summed E-state index contributed by atoms with van der Waals surface area (Å²) in [5.41, 5.74) is 0. The Balaban J connectivity index is 2.11. The highest BCUT2D eigenvalue weighted by molar-refractivity contribution is 5.05. The summed E-state index contributed by atoms with van der Waals surface area (Å²) in [7, 11) is 2.01. The zero-order valence-corrected chi connectivity index (χ0v) is 10.7. The Labute approximate surface area is 98.6 Å². The summed E-state index contributed by atoms with van der Waals surface area (Å²) < 4.78 is 5.51. The first-order valence-electron chi connectivity index (χ1n) is 6.16. The fourth-order valence-corrected chi connectivity index (χ4v) is 1.79. The van der Waals surface area contributed by atoms with Crippen molar-refractivity contribution in [1.29, 1.82) is 0 Å². The number of aryl methyl sites for hydroxylation is 1. The maximum absolute atomic E-state index is 5.51. The minimum atomic E-state index is 0.725. The van der Waals surface area contributed by atoms with Crippen molar-refractivity contribution in [3.63, 3.8) is 0 Å². The quantitative estimate of drug-likeness (QED) is 0.663. The predicted octanol–water partition coefficient (Wildman–Crippen LogP) is 1.97. The maximum atomic E-state index is 5.51. The molecule has 92 valence electrons. The monoisotopic (exact) mass is 224 g/mol. The molecule has 0 radical (unpaired) electrons. The van der Waals surface area contributed by atoms with Crippen LogP contribution in [0.5, 0.6) is 0 Å². The Morgan fingerprint density at radius 1 is 1.31 bits per heavy atom. The van der Waals surface area contributed by atoms with E-state index in [2.05, 4.69) is 23.6 Å². The van der Waals surface area contributed by atoms with Gasteiger partial charge >= 0.3 is 0 Å². The average Bonchev–Trinajstić information content (AvgIpc) is 2.69. The second-order valence-corrected chi connectivity index (χ2v) is 4.30. The first kappa shape index (κ1) is 13.3. The van der Waals surface area contributed by atoms with Crippen LogP contribution in [0.25, 0.3) is 0 Å². The smallest absolute Gasteiger partial charge is 0.105 e. The van der Waals surface area contributed by atoms with Gasteiger partial charge in [-0.3, -0.25) is 0 Å². The molecule has 1 atom stereocenters. The highest BCUT2D eigenvalue weighted by Crippen LogP contribution is 2.06. The third-order valence-electron chi connectivity index (χ3n) is 2.85. The summed E-state index contributed by atoms with van der Waals surface area (Å²) in [6, 6.07) is 4.08. The molecule has 2 N–H and O–H groups in total. The van der Waals surface area contributed by atoms with Crippen LogP contribution in [0.15, 0.2) is 16.5 Å². The number of nitrogens with one attached hydrogen (secondary N) is 2. The molecule has 0 spiro atoms. The van der Waals surface area contributed by atoms with E-state index < -0.39 is 0 Å². The van der Waals surface area contributed by atoms with Crippen molar-refractivity contribution in [2.24, 2.45) is 5.92 Å². The Hall–Kier alpha value is -0.800. The molecule has 3 heteroatoms. The molecule has 0 fully saturated rings. The minimum absolute atomic E-state index is 0.725. The van der Waals surface area contributed by atoms with Crippen molar-refractivity contribution in [3.05, 3.63) is 23.7 Å². The number of furan rings is 1. The predicted molar refractivity (Wildman–Crippen MR) is 67.7 cm³/mol. The van der Waals surface area contributed by atoms with Crippen LogP contribution in [-0.4, -0.2) is 26.7 Å². The number of rotatable bonds is 8. The Kier molecular flexibility index (Phi) is 6.19. The lowest BCUT2D eigenvalue weighted by Crippen LogP contribution is -2.30. The van der Waals surface area contributed by atoms with Crippen molar-refractivity contribution < 1.29 is 4.42 Å². The molecule has 3 nitrogen and oxygen atoms in total. The molecule has 0 aromatic carbocycles. The number of hydrogen-bond donors (Lipinski definition) is 2. The molecule has 0 aliphatic rings. The van der Waals surface area contributed by atoms with E-state index in [4.69, 9.17) is 4.42 Å². The van der Waals surface area contributed by atoms with Gasteiger partial charge in [0.25, 0.3) is 0 Å². The summed E-state index contributed by atoms with van der Waals surface area (Å²) in [6.45, 7) is 7.38. The van der Waals surface area contributed by atoms with Crippen LogP contribution in [0.4, 0.5) is 0 Å². The Bertz CT molecular complexity index is 283. The average molecular weight is 224 g/mol. The number of hydrogen-bond acceptors (Lipinski definition) is 3. The van der Waals surface area contributed by atoms with Gasteiger partial charge in [0.05, 0.1) is 0 Å². The molecule has 1 aromatic heterocycles. The van der Waals surface area contributed by atoms with E-state index in [9.17, 15) is 0 Å². The fourth-order valence-electron chi connectivity index (χ4n) is 1.79. The van der Waals surface area contributed by atoms with Gasteiger partial charge in [0.2, 0.25) is 0 Å². The summed E-state index contributed by atoms with van der Waals surface area (Å²) in [6.07, 6.45) is 2.19. The lowest BCUT2D eigenvalue weighted by molar-refractivity contribution is 0.433. The minimum Gasteiger partial charge on any atom is -0.466 e. The summed E-state index contributed by atoms with van der Waals surface area (Å²) in [5, 5.41) is 6.70. The van der Waals surface area contributed by atoms with Gasteiger partial charge in [0, 0.05) is 13.0 Å². The van der Waals surface area contributed by atoms with E-state index in [1.807, 2.05) is 20.0 Å². The molecule has 1 heterocycles. The zero-order valence-electron chi connectivity index (χ0n) is 10.7. The van der Waals surface area contributed by atoms with Crippen LogP contribution in [0.1, 0.15) is 24.9 Å².